The van der Waals surface area contributed by atoms with Gasteiger partial charge in [-0.3, -0.25) is 14.4 Å². The largest absolute Gasteiger partial charge is 0.493 e. The van der Waals surface area contributed by atoms with Gasteiger partial charge in [-0.05, 0) is 139 Å². The van der Waals surface area contributed by atoms with Crippen molar-refractivity contribution in [3.05, 3.63) is 99.9 Å². The highest BCUT2D eigenvalue weighted by atomic mass is 28.4. The molecule has 0 aliphatic carbocycles. The highest BCUT2D eigenvalue weighted by Gasteiger charge is 2.51. The lowest BCUT2D eigenvalue weighted by atomic mass is 10.1. The number of aliphatic hydroxyl groups is 1. The maximum Gasteiger partial charge on any atom is 0.417 e. The fraction of sp³-hybridized carbons (Fsp3) is 0.525. The molecule has 3 aromatic rings. The van der Waals surface area contributed by atoms with Gasteiger partial charge < -0.3 is 68.3 Å². The van der Waals surface area contributed by atoms with E-state index in [0.29, 0.717) is 55.9 Å². The van der Waals surface area contributed by atoms with Crippen LogP contribution in [0.25, 0.3) is 6.08 Å². The van der Waals surface area contributed by atoms with Gasteiger partial charge in [0, 0.05) is 43.7 Å². The summed E-state index contributed by atoms with van der Waals surface area (Å²) in [6.07, 6.45) is 3.29. The summed E-state index contributed by atoms with van der Waals surface area (Å²) in [4.78, 5) is 76.7. The summed E-state index contributed by atoms with van der Waals surface area (Å²) < 4.78 is 54.9. The Hall–Kier alpha value is -6.95. The third kappa shape index (κ3) is 15.2. The Morgan fingerprint density at radius 3 is 1.65 bits per heavy atom. The topological polar surface area (TPSA) is 240 Å². The monoisotopic (exact) mass is 1170 g/mol. The Bertz CT molecular complexity index is 3010. The van der Waals surface area contributed by atoms with Gasteiger partial charge in [0.25, 0.3) is 11.8 Å². The Balaban J connectivity index is 1.26. The fourth-order valence-electron chi connectivity index (χ4n) is 9.72. The van der Waals surface area contributed by atoms with Crippen molar-refractivity contribution in [2.75, 3.05) is 63.5 Å². The van der Waals surface area contributed by atoms with Crippen LogP contribution in [-0.2, 0) is 41.4 Å². The predicted molar refractivity (Wildman–Crippen MR) is 316 cm³/mol. The normalized spacial score (nSPS) is 19.0. The van der Waals surface area contributed by atoms with E-state index in [1.54, 1.807) is 70.9 Å². The van der Waals surface area contributed by atoms with Crippen LogP contribution in [0.1, 0.15) is 126 Å². The van der Waals surface area contributed by atoms with Gasteiger partial charge in [0.15, 0.2) is 43.8 Å². The number of anilines is 2. The van der Waals surface area contributed by atoms with Crippen molar-refractivity contribution >= 4 is 55.7 Å². The number of nitrogens with two attached hydrogens (primary N) is 1. The van der Waals surface area contributed by atoms with Crippen LogP contribution in [0.5, 0.6) is 23.0 Å². The molecule has 0 aromatic heterocycles. The van der Waals surface area contributed by atoms with Crippen molar-refractivity contribution in [2.24, 2.45) is 5.73 Å². The molecular formula is C61H84N6O15Si. The summed E-state index contributed by atoms with van der Waals surface area (Å²) >= 11 is 0. The summed E-state index contributed by atoms with van der Waals surface area (Å²) in [5.41, 5.74) is 7.74. The lowest BCUT2D eigenvalue weighted by Gasteiger charge is -2.44. The van der Waals surface area contributed by atoms with E-state index in [4.69, 9.17) is 48.1 Å². The molecule has 0 spiro atoms. The molecular weight excluding hydrogens is 1080 g/mol. The van der Waals surface area contributed by atoms with Gasteiger partial charge in [0.05, 0.1) is 75.2 Å². The first-order valence-electron chi connectivity index (χ1n) is 28.0. The molecule has 4 N–H and O–H groups in total. The molecule has 4 atom stereocenters. The third-order valence-corrected chi connectivity index (χ3v) is 19.0. The zero-order chi connectivity index (χ0) is 60.9. The lowest BCUT2D eigenvalue weighted by Crippen LogP contribution is -2.58. The van der Waals surface area contributed by atoms with Crippen molar-refractivity contribution < 1.29 is 71.4 Å². The fourth-order valence-corrected chi connectivity index (χ4v) is 10.9. The van der Waals surface area contributed by atoms with Gasteiger partial charge in [0.1, 0.15) is 24.4 Å². The number of ether oxygens (including phenoxy) is 8. The molecule has 452 valence electrons. The minimum atomic E-state index is -2.66. The van der Waals surface area contributed by atoms with E-state index in [1.807, 2.05) is 38.2 Å². The maximum absolute atomic E-state index is 14.8. The first-order valence-corrected chi connectivity index (χ1v) is 30.9. The van der Waals surface area contributed by atoms with Crippen LogP contribution < -0.4 is 39.8 Å². The standard InChI is InChI=1S/C61H84N6O15Si/c1-37-24-46-55(71)66(57(72)80-59(3,4)5)44-31-50(48(74-12)29-42(44)53(69)64(46)33-37)78-35-40-26-39(16-17-52(68)63-19-21-77-23-22-76-20-18-62)27-41(28-40)36-79-51-32-45-43(30-49(51)75-13)54(70)65-34-38(2)25-47(65)56(82-83(14,15)61(9,10)11)67(45)58(73)81-60(6,7)8/h16-17,26-34,46-47,55-56,71H,18-25,35-36,62H2,1-15H3,(H,63,68)/b17-16+/t46-,47-,55-,56-/m0/s1. The molecule has 21 nitrogen and oxygen atoms in total. The van der Waals surface area contributed by atoms with Crippen LogP contribution in [0.15, 0.2) is 72.1 Å². The number of hydrogen-bond donors (Lipinski definition) is 3. The van der Waals surface area contributed by atoms with E-state index in [9.17, 15) is 29.1 Å². The molecule has 4 heterocycles. The number of benzene rings is 3. The van der Waals surface area contributed by atoms with Gasteiger partial charge in [-0.15, -0.1) is 0 Å². The lowest BCUT2D eigenvalue weighted by molar-refractivity contribution is -0.116. The van der Waals surface area contributed by atoms with Gasteiger partial charge in [0.2, 0.25) is 5.91 Å². The number of fused-ring (bicyclic) bond motifs is 4. The van der Waals surface area contributed by atoms with Crippen molar-refractivity contribution in [3.63, 3.8) is 0 Å². The van der Waals surface area contributed by atoms with Crippen LogP contribution in [0.2, 0.25) is 18.1 Å². The molecule has 0 radical (unpaired) electrons. The molecule has 0 bridgehead atoms. The Morgan fingerprint density at radius 2 is 1.16 bits per heavy atom. The minimum absolute atomic E-state index is 0.0570. The Kier molecular flexibility index (Phi) is 19.9. The molecule has 0 unspecified atom stereocenters. The van der Waals surface area contributed by atoms with E-state index in [-0.39, 0.29) is 88.7 Å². The second-order valence-corrected chi connectivity index (χ2v) is 29.4. The van der Waals surface area contributed by atoms with Crippen LogP contribution in [0, 0.1) is 0 Å². The number of hydrogen-bond acceptors (Lipinski definition) is 16. The number of amides is 5. The number of nitrogens with zero attached hydrogens (tertiary/aromatic N) is 4. The van der Waals surface area contributed by atoms with Crippen LogP contribution in [0.3, 0.4) is 0 Å². The average molecular weight is 1170 g/mol. The van der Waals surface area contributed by atoms with Gasteiger partial charge >= 0.3 is 12.2 Å². The van der Waals surface area contributed by atoms with Gasteiger partial charge in [-0.2, -0.15) is 0 Å². The smallest absolute Gasteiger partial charge is 0.417 e. The average Bonchev–Trinajstić information content (AvgIpc) is 3.21. The SMILES string of the molecule is COc1cc2c(cc1OCc1cc(/C=C/C(=O)NCCOCCOCCN)cc(COc3cc4c(cc3OC)C(=O)N3C=C(C)C[C@H]3[C@H](O[Si](C)(C)C(C)(C)C)N4C(=O)OC(C)(C)C)c1)N(C(=O)OC(C)(C)C)[C@@H](O)[C@@H]1CC(C)=CN1C2=O. The number of methoxy groups -OCH3 is 2. The molecule has 0 saturated carbocycles. The Morgan fingerprint density at radius 1 is 0.675 bits per heavy atom. The second kappa shape index (κ2) is 25.9. The van der Waals surface area contributed by atoms with Crippen LogP contribution in [0.4, 0.5) is 21.0 Å². The number of carbonyl (C=O) groups is 5. The quantitative estimate of drug-likeness (QED) is 0.0542. The summed E-state index contributed by atoms with van der Waals surface area (Å²) in [5, 5.41) is 14.5. The third-order valence-electron chi connectivity index (χ3n) is 14.6. The van der Waals surface area contributed by atoms with Gasteiger partial charge in [-0.25, -0.2) is 19.4 Å². The van der Waals surface area contributed by atoms with E-state index in [2.05, 4.69) is 39.2 Å². The highest BCUT2D eigenvalue weighted by Crippen LogP contribution is 2.47. The van der Waals surface area contributed by atoms with Crippen molar-refractivity contribution in [1.29, 1.82) is 0 Å². The molecule has 5 amide bonds. The summed E-state index contributed by atoms with van der Waals surface area (Å²) in [7, 11) is 0.227. The molecule has 7 rings (SSSR count). The second-order valence-electron chi connectivity index (χ2n) is 24.6. The van der Waals surface area contributed by atoms with Gasteiger partial charge in [-0.1, -0.05) is 31.9 Å². The van der Waals surface area contributed by atoms with Crippen LogP contribution >= 0.6 is 0 Å². The predicted octanol–water partition coefficient (Wildman–Crippen LogP) is 9.40. The summed E-state index contributed by atoms with van der Waals surface area (Å²) in [6.45, 7) is 26.7. The van der Waals surface area contributed by atoms with E-state index in [0.717, 1.165) is 16.0 Å². The van der Waals surface area contributed by atoms with Crippen molar-refractivity contribution in [3.8, 4) is 23.0 Å². The zero-order valence-electron chi connectivity index (χ0n) is 50.8. The number of aliphatic hydroxyl groups excluding tert-OH is 1. The number of carbonyl (C=O) groups excluding carboxylic acids is 5. The van der Waals surface area contributed by atoms with Crippen LogP contribution in [-0.4, -0.2) is 143 Å². The molecule has 4 aliphatic heterocycles. The van der Waals surface area contributed by atoms with Crippen molar-refractivity contribution in [1.82, 2.24) is 15.1 Å². The minimum Gasteiger partial charge on any atom is -0.493 e. The first kappa shape index (κ1) is 63.6. The molecule has 0 fully saturated rings. The summed E-state index contributed by atoms with van der Waals surface area (Å²) in [5.74, 6) is -0.445. The molecule has 4 aliphatic rings. The molecule has 3 aromatic carbocycles. The highest BCUT2D eigenvalue weighted by molar-refractivity contribution is 6.74. The molecule has 0 saturated heterocycles. The molecule has 83 heavy (non-hydrogen) atoms. The van der Waals surface area contributed by atoms with E-state index >= 15 is 0 Å². The maximum atomic E-state index is 14.8. The zero-order valence-corrected chi connectivity index (χ0v) is 51.8. The first-order chi connectivity index (χ1) is 38.9. The Labute approximate surface area is 488 Å². The van der Waals surface area contributed by atoms with E-state index < -0.39 is 62.2 Å². The number of rotatable bonds is 20. The summed E-state index contributed by atoms with van der Waals surface area (Å²) in [6, 6.07) is 10.3. The molecule has 22 heteroatoms. The number of nitrogens with one attached hydrogen (secondary N) is 1. The van der Waals surface area contributed by atoms with E-state index in [1.165, 1.54) is 42.2 Å². The van der Waals surface area contributed by atoms with Crippen molar-refractivity contribution in [2.45, 2.75) is 156 Å².